The van der Waals surface area contributed by atoms with Gasteiger partial charge in [0.2, 0.25) is 17.7 Å². The number of imidazole rings is 1. The molecule has 0 aliphatic heterocycles. The van der Waals surface area contributed by atoms with E-state index in [-0.39, 0.29) is 12.8 Å². The lowest BCUT2D eigenvalue weighted by atomic mass is 10.0. The van der Waals surface area contributed by atoms with Crippen LogP contribution in [0.3, 0.4) is 0 Å². The van der Waals surface area contributed by atoms with Crippen LogP contribution in [0.15, 0.2) is 43.0 Å². The molecule has 0 saturated heterocycles. The Hall–Kier alpha value is -4.27. The molecule has 0 spiro atoms. The summed E-state index contributed by atoms with van der Waals surface area (Å²) in [7, 11) is 0. The van der Waals surface area contributed by atoms with E-state index in [0.29, 0.717) is 11.3 Å². The van der Waals surface area contributed by atoms with Crippen molar-refractivity contribution in [3.63, 3.8) is 0 Å². The van der Waals surface area contributed by atoms with Crippen molar-refractivity contribution in [1.82, 2.24) is 30.9 Å². The van der Waals surface area contributed by atoms with Crippen LogP contribution in [-0.4, -0.2) is 90.8 Å². The zero-order valence-electron chi connectivity index (χ0n) is 20.5. The molecule has 204 valence electrons. The van der Waals surface area contributed by atoms with Crippen LogP contribution in [0.2, 0.25) is 0 Å². The Bertz CT molecular complexity index is 1260. The van der Waals surface area contributed by atoms with Gasteiger partial charge in [-0.1, -0.05) is 18.2 Å². The Labute approximate surface area is 217 Å². The fourth-order valence-electron chi connectivity index (χ4n) is 3.84. The molecule has 2 aromatic heterocycles. The van der Waals surface area contributed by atoms with Crippen LogP contribution in [0.5, 0.6) is 0 Å². The molecule has 0 fully saturated rings. The second kappa shape index (κ2) is 12.8. The maximum absolute atomic E-state index is 12.8. The molecule has 38 heavy (non-hydrogen) atoms. The highest BCUT2D eigenvalue weighted by Crippen LogP contribution is 2.19. The van der Waals surface area contributed by atoms with E-state index in [2.05, 4.69) is 30.9 Å². The molecule has 5 unspecified atom stereocenters. The number of rotatable bonds is 13. The van der Waals surface area contributed by atoms with Crippen LogP contribution in [-0.2, 0) is 32.0 Å². The Morgan fingerprint density at radius 1 is 1.00 bits per heavy atom. The van der Waals surface area contributed by atoms with Gasteiger partial charge >= 0.3 is 5.97 Å². The van der Waals surface area contributed by atoms with Crippen LogP contribution in [0, 0.1) is 0 Å². The minimum absolute atomic E-state index is 0.0578. The Morgan fingerprint density at radius 2 is 1.71 bits per heavy atom. The van der Waals surface area contributed by atoms with E-state index < -0.39 is 60.6 Å². The van der Waals surface area contributed by atoms with Gasteiger partial charge < -0.3 is 47.0 Å². The van der Waals surface area contributed by atoms with Crippen LogP contribution in [0.25, 0.3) is 10.9 Å². The number of carbonyl (C=O) groups excluding carboxylic acids is 3. The van der Waals surface area contributed by atoms with Crippen molar-refractivity contribution >= 4 is 34.6 Å². The van der Waals surface area contributed by atoms with Gasteiger partial charge in [-0.15, -0.1) is 0 Å². The van der Waals surface area contributed by atoms with Crippen molar-refractivity contribution in [2.45, 2.75) is 50.0 Å². The number of carboxylic acid groups (broad SMARTS) is 1. The molecule has 3 aromatic rings. The number of aromatic amines is 2. The second-order valence-corrected chi connectivity index (χ2v) is 8.82. The van der Waals surface area contributed by atoms with Crippen molar-refractivity contribution in [3.05, 3.63) is 54.2 Å². The number of aliphatic hydroxyl groups excluding tert-OH is 2. The Morgan fingerprint density at radius 3 is 2.34 bits per heavy atom. The van der Waals surface area contributed by atoms with Crippen molar-refractivity contribution in [1.29, 1.82) is 0 Å². The van der Waals surface area contributed by atoms with Gasteiger partial charge in [0.15, 0.2) is 0 Å². The van der Waals surface area contributed by atoms with Crippen LogP contribution < -0.4 is 21.7 Å². The number of aliphatic carboxylic acids is 1. The van der Waals surface area contributed by atoms with Crippen molar-refractivity contribution < 1.29 is 34.5 Å². The number of nitrogens with zero attached hydrogens (tertiary/aromatic N) is 1. The Balaban J connectivity index is 1.63. The monoisotopic (exact) mass is 529 g/mol. The first-order valence-corrected chi connectivity index (χ1v) is 11.8. The molecule has 0 saturated carbocycles. The van der Waals surface area contributed by atoms with Gasteiger partial charge in [-0.3, -0.25) is 14.4 Å². The molecule has 0 aliphatic rings. The van der Waals surface area contributed by atoms with Crippen LogP contribution >= 0.6 is 0 Å². The highest BCUT2D eigenvalue weighted by atomic mass is 16.4. The molecule has 14 heteroatoms. The third-order valence-corrected chi connectivity index (χ3v) is 5.92. The first kappa shape index (κ1) is 28.3. The highest BCUT2D eigenvalue weighted by Gasteiger charge is 2.32. The average Bonchev–Trinajstić information content (AvgIpc) is 3.54. The summed E-state index contributed by atoms with van der Waals surface area (Å²) in [6.45, 7) is 0.386. The zero-order chi connectivity index (χ0) is 27.8. The van der Waals surface area contributed by atoms with Gasteiger partial charge in [0.25, 0.3) is 0 Å². The lowest BCUT2D eigenvalue weighted by Crippen LogP contribution is -2.60. The summed E-state index contributed by atoms with van der Waals surface area (Å²) >= 11 is 0. The molecule has 2 heterocycles. The highest BCUT2D eigenvalue weighted by molar-refractivity contribution is 5.94. The summed E-state index contributed by atoms with van der Waals surface area (Å²) in [5, 5.41) is 37.1. The number of nitrogens with one attached hydrogen (secondary N) is 5. The number of amides is 3. The number of carboxylic acids is 1. The number of aromatic nitrogens is 3. The summed E-state index contributed by atoms with van der Waals surface area (Å²) in [4.78, 5) is 59.6. The summed E-state index contributed by atoms with van der Waals surface area (Å²) < 4.78 is 0. The summed E-state index contributed by atoms with van der Waals surface area (Å²) in [6, 6.07) is 1.78. The van der Waals surface area contributed by atoms with Gasteiger partial charge in [-0.2, -0.15) is 0 Å². The van der Waals surface area contributed by atoms with Gasteiger partial charge in [-0.05, 0) is 18.6 Å². The number of benzene rings is 1. The van der Waals surface area contributed by atoms with Crippen molar-refractivity contribution in [3.8, 4) is 0 Å². The molecule has 0 bridgehead atoms. The molecule has 5 atom stereocenters. The van der Waals surface area contributed by atoms with E-state index in [1.54, 1.807) is 12.3 Å². The number of fused-ring (bicyclic) bond motifs is 1. The number of para-hydroxylation sites is 1. The average molecular weight is 530 g/mol. The third kappa shape index (κ3) is 7.15. The van der Waals surface area contributed by atoms with E-state index >= 15 is 0 Å². The number of aliphatic hydroxyl groups is 2. The fraction of sp³-hybridized carbons (Fsp3) is 0.375. The smallest absolute Gasteiger partial charge is 0.326 e. The summed E-state index contributed by atoms with van der Waals surface area (Å²) in [6.07, 6.45) is 3.20. The lowest BCUT2D eigenvalue weighted by Gasteiger charge is -2.25. The standard InChI is InChI=1S/C24H31N7O7/c1-12(33)20(31-21(34)16(25)7-14-9-26-11-28-14)23(36)30-19(10-32)22(35)29-18(24(37)38)6-13-8-27-17-5-3-2-4-15(13)17/h2-5,8-9,11-12,16,18-20,27,32-33H,6-7,10,25H2,1H3,(H,26,28)(H,29,35)(H,30,36)(H,31,34)(H,37,38). The topological polar surface area (TPSA) is 236 Å². The summed E-state index contributed by atoms with van der Waals surface area (Å²) in [5.41, 5.74) is 7.91. The number of hydrogen-bond acceptors (Lipinski definition) is 8. The minimum Gasteiger partial charge on any atom is -0.480 e. The number of nitrogens with two attached hydrogens (primary N) is 1. The lowest BCUT2D eigenvalue weighted by molar-refractivity contribution is -0.142. The molecule has 1 aromatic carbocycles. The zero-order valence-corrected chi connectivity index (χ0v) is 20.5. The third-order valence-electron chi connectivity index (χ3n) is 5.92. The van der Waals surface area contributed by atoms with E-state index in [0.717, 1.165) is 10.9 Å². The fourth-order valence-corrected chi connectivity index (χ4v) is 3.84. The molecule has 14 nitrogen and oxygen atoms in total. The van der Waals surface area contributed by atoms with E-state index in [9.17, 15) is 34.5 Å². The van der Waals surface area contributed by atoms with Crippen molar-refractivity contribution in [2.75, 3.05) is 6.61 Å². The molecule has 3 amide bonds. The van der Waals surface area contributed by atoms with Gasteiger partial charge in [0.05, 0.1) is 25.1 Å². The summed E-state index contributed by atoms with van der Waals surface area (Å²) in [5.74, 6) is -3.98. The Kier molecular flexibility index (Phi) is 9.54. The van der Waals surface area contributed by atoms with Crippen molar-refractivity contribution in [2.24, 2.45) is 5.73 Å². The van der Waals surface area contributed by atoms with Crippen LogP contribution in [0.1, 0.15) is 18.2 Å². The first-order chi connectivity index (χ1) is 18.1. The molecule has 0 radical (unpaired) electrons. The normalized spacial score (nSPS) is 15.2. The van der Waals surface area contributed by atoms with E-state index in [1.807, 2.05) is 18.2 Å². The SMILES string of the molecule is CC(O)C(NC(=O)C(N)Cc1cnc[nH]1)C(=O)NC(CO)C(=O)NC(Cc1c[nH]c2ccccc12)C(=O)O. The van der Waals surface area contributed by atoms with Gasteiger partial charge in [0, 0.05) is 41.8 Å². The minimum atomic E-state index is -1.55. The van der Waals surface area contributed by atoms with E-state index in [4.69, 9.17) is 5.73 Å². The van der Waals surface area contributed by atoms with Gasteiger partial charge in [-0.25, -0.2) is 9.78 Å². The number of hydrogen-bond donors (Lipinski definition) is 9. The van der Waals surface area contributed by atoms with Gasteiger partial charge in [0.1, 0.15) is 18.1 Å². The number of carbonyl (C=O) groups is 4. The number of H-pyrrole nitrogens is 2. The molecular weight excluding hydrogens is 498 g/mol. The molecule has 0 aliphatic carbocycles. The predicted octanol–water partition coefficient (Wildman–Crippen LogP) is -2.08. The van der Waals surface area contributed by atoms with Crippen LogP contribution in [0.4, 0.5) is 0 Å². The predicted molar refractivity (Wildman–Crippen MR) is 134 cm³/mol. The second-order valence-electron chi connectivity index (χ2n) is 8.82. The molecule has 3 rings (SSSR count). The van der Waals surface area contributed by atoms with E-state index in [1.165, 1.54) is 19.4 Å². The largest absolute Gasteiger partial charge is 0.480 e. The molecular formula is C24H31N7O7. The maximum Gasteiger partial charge on any atom is 0.326 e. The quantitative estimate of drug-likeness (QED) is 0.118. The first-order valence-electron chi connectivity index (χ1n) is 11.8. The molecule has 10 N–H and O–H groups in total. The maximum atomic E-state index is 12.8.